The molecule has 4 nitrogen and oxygen atoms in total. The van der Waals surface area contributed by atoms with Gasteiger partial charge in [-0.15, -0.1) is 0 Å². The van der Waals surface area contributed by atoms with Crippen molar-refractivity contribution in [3.8, 4) is 0 Å². The van der Waals surface area contributed by atoms with Gasteiger partial charge in [0.15, 0.2) is 0 Å². The van der Waals surface area contributed by atoms with Crippen LogP contribution in [0.1, 0.15) is 36.5 Å². The predicted molar refractivity (Wildman–Crippen MR) is 81.9 cm³/mol. The summed E-state index contributed by atoms with van der Waals surface area (Å²) < 4.78 is 0. The van der Waals surface area contributed by atoms with E-state index < -0.39 is 5.97 Å². The number of likely N-dealkylation sites (tertiary alicyclic amines) is 1. The van der Waals surface area contributed by atoms with Crippen LogP contribution >= 0.6 is 23.2 Å². The third kappa shape index (κ3) is 3.69. The zero-order chi connectivity index (χ0) is 15.6. The van der Waals surface area contributed by atoms with Gasteiger partial charge in [-0.2, -0.15) is 0 Å². The van der Waals surface area contributed by atoms with Crippen LogP contribution in [0.3, 0.4) is 0 Å². The first kappa shape index (κ1) is 16.1. The molecule has 2 atom stereocenters. The first-order chi connectivity index (χ1) is 9.90. The number of aliphatic carboxylic acids is 1. The Morgan fingerprint density at radius 3 is 2.67 bits per heavy atom. The quantitative estimate of drug-likeness (QED) is 0.919. The highest BCUT2D eigenvalue weighted by Crippen LogP contribution is 2.29. The number of carboxylic acids is 1. The summed E-state index contributed by atoms with van der Waals surface area (Å²) in [5, 5.41) is 9.77. The van der Waals surface area contributed by atoms with Gasteiger partial charge >= 0.3 is 5.97 Å². The molecule has 1 aromatic rings. The second-order valence-corrected chi connectivity index (χ2v) is 6.23. The molecule has 0 radical (unpaired) electrons. The van der Waals surface area contributed by atoms with E-state index in [0.29, 0.717) is 22.2 Å². The van der Waals surface area contributed by atoms with Gasteiger partial charge in [0.25, 0.3) is 5.91 Å². The van der Waals surface area contributed by atoms with E-state index in [0.717, 1.165) is 12.8 Å². The molecule has 2 rings (SSSR count). The van der Waals surface area contributed by atoms with E-state index >= 15 is 0 Å². The molecule has 1 fully saturated rings. The molecule has 0 saturated carbocycles. The molecule has 1 aromatic carbocycles. The zero-order valence-corrected chi connectivity index (χ0v) is 13.2. The number of nitrogens with zero attached hydrogens (tertiary/aromatic N) is 1. The molecule has 1 amide bonds. The number of carbonyl (C=O) groups is 2. The molecule has 1 aliphatic heterocycles. The molecular weight excluding hydrogens is 313 g/mol. The average Bonchev–Trinajstić information content (AvgIpc) is 2.43. The van der Waals surface area contributed by atoms with Crippen molar-refractivity contribution in [1.29, 1.82) is 0 Å². The Labute approximate surface area is 133 Å². The maximum atomic E-state index is 12.6. The Morgan fingerprint density at radius 2 is 2.05 bits per heavy atom. The monoisotopic (exact) mass is 329 g/mol. The van der Waals surface area contributed by atoms with Gasteiger partial charge in [0.1, 0.15) is 0 Å². The van der Waals surface area contributed by atoms with E-state index in [-0.39, 0.29) is 24.3 Å². The molecule has 1 aliphatic rings. The number of benzene rings is 1. The topological polar surface area (TPSA) is 57.6 Å². The first-order valence-corrected chi connectivity index (χ1v) is 7.63. The molecule has 6 heteroatoms. The van der Waals surface area contributed by atoms with E-state index in [1.807, 2.05) is 6.92 Å². The van der Waals surface area contributed by atoms with Crippen LogP contribution in [0.15, 0.2) is 18.2 Å². The normalized spacial score (nSPS) is 22.1. The fraction of sp³-hybridized carbons (Fsp3) is 0.467. The minimum Gasteiger partial charge on any atom is -0.481 e. The molecule has 1 saturated heterocycles. The Kier molecular flexibility index (Phi) is 5.12. The summed E-state index contributed by atoms with van der Waals surface area (Å²) in [5.74, 6) is -0.909. The van der Waals surface area contributed by atoms with Crippen molar-refractivity contribution >= 4 is 35.1 Å². The minimum absolute atomic E-state index is 0.0335. The second kappa shape index (κ2) is 6.67. The van der Waals surface area contributed by atoms with E-state index in [1.165, 1.54) is 6.07 Å². The third-order valence-electron chi connectivity index (χ3n) is 3.93. The number of halogens is 2. The molecule has 114 valence electrons. The number of amides is 1. The lowest BCUT2D eigenvalue weighted by Crippen LogP contribution is -2.48. The van der Waals surface area contributed by atoms with Crippen LogP contribution in [0.4, 0.5) is 0 Å². The lowest BCUT2D eigenvalue weighted by Gasteiger charge is -2.39. The van der Waals surface area contributed by atoms with Crippen molar-refractivity contribution in [3.05, 3.63) is 33.8 Å². The van der Waals surface area contributed by atoms with Crippen LogP contribution in [-0.2, 0) is 4.79 Å². The average molecular weight is 330 g/mol. The van der Waals surface area contributed by atoms with Gasteiger partial charge in [0, 0.05) is 18.2 Å². The van der Waals surface area contributed by atoms with Gasteiger partial charge in [0.2, 0.25) is 0 Å². The Morgan fingerprint density at radius 1 is 1.33 bits per heavy atom. The van der Waals surface area contributed by atoms with Crippen molar-refractivity contribution in [3.63, 3.8) is 0 Å². The van der Waals surface area contributed by atoms with E-state index in [4.69, 9.17) is 28.3 Å². The molecular formula is C15H17Cl2NO3. The van der Waals surface area contributed by atoms with Crippen molar-refractivity contribution in [1.82, 2.24) is 4.90 Å². The second-order valence-electron chi connectivity index (χ2n) is 5.41. The molecule has 1 heterocycles. The lowest BCUT2D eigenvalue weighted by molar-refractivity contribution is -0.138. The Bertz CT molecular complexity index is 562. The summed E-state index contributed by atoms with van der Waals surface area (Å²) in [6.45, 7) is 2.56. The zero-order valence-electron chi connectivity index (χ0n) is 11.7. The van der Waals surface area contributed by atoms with Crippen LogP contribution < -0.4 is 0 Å². The van der Waals surface area contributed by atoms with Gasteiger partial charge < -0.3 is 10.0 Å². The minimum atomic E-state index is -0.888. The van der Waals surface area contributed by atoms with Crippen LogP contribution in [0.2, 0.25) is 10.0 Å². The molecule has 21 heavy (non-hydrogen) atoms. The molecule has 0 bridgehead atoms. The third-order valence-corrected chi connectivity index (χ3v) is 4.67. The fourth-order valence-electron chi connectivity index (χ4n) is 2.79. The predicted octanol–water partition coefficient (Wildman–Crippen LogP) is 3.71. The number of piperidine rings is 1. The molecule has 0 spiro atoms. The SMILES string of the molecule is CC1CCCN(C(=O)c2ccc(Cl)c(Cl)c2)C1CC(=O)O. The lowest BCUT2D eigenvalue weighted by atomic mass is 9.88. The summed E-state index contributed by atoms with van der Waals surface area (Å²) >= 11 is 11.8. The van der Waals surface area contributed by atoms with Gasteiger partial charge in [0.05, 0.1) is 16.5 Å². The number of carbonyl (C=O) groups excluding carboxylic acids is 1. The largest absolute Gasteiger partial charge is 0.481 e. The van der Waals surface area contributed by atoms with Gasteiger partial charge in [-0.05, 0) is 37.0 Å². The number of rotatable bonds is 3. The summed E-state index contributed by atoms with van der Waals surface area (Å²) in [7, 11) is 0. The Balaban J connectivity index is 2.25. The number of hydrogen-bond acceptors (Lipinski definition) is 2. The van der Waals surface area contributed by atoms with E-state index in [9.17, 15) is 9.59 Å². The molecule has 2 unspecified atom stereocenters. The maximum absolute atomic E-state index is 12.6. The molecule has 0 aliphatic carbocycles. The van der Waals surface area contributed by atoms with Crippen LogP contribution in [0, 0.1) is 5.92 Å². The summed E-state index contributed by atoms with van der Waals surface area (Å²) in [4.78, 5) is 25.3. The van der Waals surface area contributed by atoms with Crippen LogP contribution in [-0.4, -0.2) is 34.5 Å². The Hall–Kier alpha value is -1.26. The maximum Gasteiger partial charge on any atom is 0.305 e. The standard InChI is InChI=1S/C15H17Cl2NO3/c1-9-3-2-6-18(13(9)8-14(19)20)15(21)10-4-5-11(16)12(17)7-10/h4-5,7,9,13H,2-3,6,8H2,1H3,(H,19,20). The number of hydrogen-bond donors (Lipinski definition) is 1. The van der Waals surface area contributed by atoms with Crippen molar-refractivity contribution in [2.24, 2.45) is 5.92 Å². The van der Waals surface area contributed by atoms with Crippen molar-refractivity contribution < 1.29 is 14.7 Å². The smallest absolute Gasteiger partial charge is 0.305 e. The van der Waals surface area contributed by atoms with Crippen LogP contribution in [0.5, 0.6) is 0 Å². The summed E-state index contributed by atoms with van der Waals surface area (Å²) in [6, 6.07) is 4.45. The van der Waals surface area contributed by atoms with E-state index in [1.54, 1.807) is 17.0 Å². The summed E-state index contributed by atoms with van der Waals surface area (Å²) in [6.07, 6.45) is 1.78. The van der Waals surface area contributed by atoms with E-state index in [2.05, 4.69) is 0 Å². The van der Waals surface area contributed by atoms with Crippen molar-refractivity contribution in [2.45, 2.75) is 32.2 Å². The molecule has 0 aromatic heterocycles. The highest BCUT2D eigenvalue weighted by molar-refractivity contribution is 6.42. The van der Waals surface area contributed by atoms with Gasteiger partial charge in [-0.3, -0.25) is 9.59 Å². The van der Waals surface area contributed by atoms with Gasteiger partial charge in [-0.25, -0.2) is 0 Å². The first-order valence-electron chi connectivity index (χ1n) is 6.88. The number of carboxylic acid groups (broad SMARTS) is 1. The highest BCUT2D eigenvalue weighted by Gasteiger charge is 2.33. The van der Waals surface area contributed by atoms with Crippen LogP contribution in [0.25, 0.3) is 0 Å². The fourth-order valence-corrected chi connectivity index (χ4v) is 3.08. The molecule has 1 N–H and O–H groups in total. The van der Waals surface area contributed by atoms with Crippen molar-refractivity contribution in [2.75, 3.05) is 6.54 Å². The van der Waals surface area contributed by atoms with Gasteiger partial charge in [-0.1, -0.05) is 30.1 Å². The summed E-state index contributed by atoms with van der Waals surface area (Å²) in [5.41, 5.74) is 0.439. The highest BCUT2D eigenvalue weighted by atomic mass is 35.5.